The lowest BCUT2D eigenvalue weighted by Gasteiger charge is -2.43. The van der Waals surface area contributed by atoms with Crippen molar-refractivity contribution in [1.82, 2.24) is 9.88 Å². The molecule has 0 radical (unpaired) electrons. The van der Waals surface area contributed by atoms with Gasteiger partial charge in [-0.05, 0) is 79.5 Å². The van der Waals surface area contributed by atoms with Gasteiger partial charge in [-0.3, -0.25) is 24.1 Å². The van der Waals surface area contributed by atoms with Crippen LogP contribution in [0, 0.1) is 35.5 Å². The number of carbonyl (C=O) groups excluding carboxylic acids is 4. The molecule has 3 fully saturated rings. The average Bonchev–Trinajstić information content (AvgIpc) is 3.80. The number of anilines is 1. The summed E-state index contributed by atoms with van der Waals surface area (Å²) < 4.78 is 11.9. The number of aromatic amines is 1. The summed E-state index contributed by atoms with van der Waals surface area (Å²) in [5.41, 5.74) is 1.57. The number of esters is 1. The molecule has 7 rings (SSSR count). The number of amides is 3. The molecule has 3 aromatic rings. The Bertz CT molecular complexity index is 1960. The van der Waals surface area contributed by atoms with E-state index in [4.69, 9.17) is 9.47 Å². The number of rotatable bonds is 10. The number of hydrogen-bond donors (Lipinski definition) is 3. The van der Waals surface area contributed by atoms with E-state index >= 15 is 0 Å². The van der Waals surface area contributed by atoms with Gasteiger partial charge in [-0.2, -0.15) is 0 Å². The number of thiazole rings is 1. The van der Waals surface area contributed by atoms with Gasteiger partial charge in [-0.1, -0.05) is 41.1 Å². The molecule has 15 heteroatoms. The standard InChI is InChI=1S/C35H34BrN3O9S2/c1-4-47-34(45)15-5-8-17(9-6-15)37-22(40)13-48-21-10-7-16(36)11-18(21)23-24-19-12-20(28(24)49-30-29(23)50-35(46)38-30)26-25(19)31(41)39(32(26)42)27(14(2)3)33(43)44/h5-11,14,19-20,23-28H,4,12-13H2,1-3H3,(H,37,40)(H,38,46)(H,43,44)/t19?,20?,23-,24?,25?,26?,27?,28?/m1/s1. The molecule has 2 aliphatic heterocycles. The number of halogens is 1. The summed E-state index contributed by atoms with van der Waals surface area (Å²) in [6, 6.07) is 10.5. The number of hydrogen-bond acceptors (Lipinski definition) is 10. The SMILES string of the molecule is CCOC(=O)c1ccc(NC(=O)COc2ccc(Br)cc2[C@H]2c3sc(=O)[nH]c3SC3C4CC(C5C(=O)N(C(C(=O)O)C(C)C)C(=O)C45)C32)cc1. The van der Waals surface area contributed by atoms with Gasteiger partial charge in [0.05, 0.1) is 29.0 Å². The van der Waals surface area contributed by atoms with Crippen LogP contribution in [0.4, 0.5) is 5.69 Å². The monoisotopic (exact) mass is 783 g/mol. The lowest BCUT2D eigenvalue weighted by atomic mass is 9.68. The fourth-order valence-corrected chi connectivity index (χ4v) is 11.8. The Kier molecular flexibility index (Phi) is 9.18. The van der Waals surface area contributed by atoms with E-state index in [9.17, 15) is 33.9 Å². The molecule has 4 aliphatic rings. The highest BCUT2D eigenvalue weighted by atomic mass is 79.9. The summed E-state index contributed by atoms with van der Waals surface area (Å²) in [6.45, 7) is 5.03. The maximum absolute atomic E-state index is 14.0. The highest BCUT2D eigenvalue weighted by molar-refractivity contribution is 9.10. The van der Waals surface area contributed by atoms with Crippen molar-refractivity contribution in [2.75, 3.05) is 18.5 Å². The summed E-state index contributed by atoms with van der Waals surface area (Å²) in [5.74, 6) is -5.17. The number of imide groups is 1. The maximum Gasteiger partial charge on any atom is 0.338 e. The van der Waals surface area contributed by atoms with Gasteiger partial charge in [0.1, 0.15) is 11.8 Å². The zero-order chi connectivity index (χ0) is 35.6. The van der Waals surface area contributed by atoms with E-state index in [1.54, 1.807) is 57.2 Å². The Morgan fingerprint density at radius 2 is 1.76 bits per heavy atom. The third-order valence-electron chi connectivity index (χ3n) is 10.3. The Balaban J connectivity index is 1.18. The summed E-state index contributed by atoms with van der Waals surface area (Å²) in [7, 11) is 0. The van der Waals surface area contributed by atoms with E-state index in [1.165, 1.54) is 11.8 Å². The highest BCUT2D eigenvalue weighted by Gasteiger charge is 2.70. The third-order valence-corrected chi connectivity index (χ3v) is 13.3. The van der Waals surface area contributed by atoms with Gasteiger partial charge < -0.3 is 24.9 Å². The number of nitrogens with one attached hydrogen (secondary N) is 2. The molecule has 1 aromatic heterocycles. The third kappa shape index (κ3) is 5.76. The fraction of sp³-hybridized carbons (Fsp3) is 0.429. The molecule has 2 bridgehead atoms. The number of ether oxygens (including phenoxy) is 2. The fourth-order valence-electron chi connectivity index (χ4n) is 8.49. The van der Waals surface area contributed by atoms with Crippen LogP contribution >= 0.6 is 39.0 Å². The van der Waals surface area contributed by atoms with Crippen molar-refractivity contribution in [3.63, 3.8) is 0 Å². The number of thioether (sulfide) groups is 1. The quantitative estimate of drug-likeness (QED) is 0.188. The van der Waals surface area contributed by atoms with E-state index in [-0.39, 0.29) is 47.0 Å². The predicted molar refractivity (Wildman–Crippen MR) is 187 cm³/mol. The second kappa shape index (κ2) is 13.3. The van der Waals surface area contributed by atoms with Crippen molar-refractivity contribution in [2.24, 2.45) is 35.5 Å². The lowest BCUT2D eigenvalue weighted by molar-refractivity contribution is -0.157. The van der Waals surface area contributed by atoms with Gasteiger partial charge in [0.2, 0.25) is 11.8 Å². The first-order valence-corrected chi connectivity index (χ1v) is 18.9. The predicted octanol–water partition coefficient (Wildman–Crippen LogP) is 4.98. The van der Waals surface area contributed by atoms with Gasteiger partial charge in [0, 0.05) is 31.8 Å². The first kappa shape index (κ1) is 34.5. The number of carboxylic acids is 1. The minimum absolute atomic E-state index is 0.115. The number of carboxylic acid groups (broad SMARTS) is 1. The normalized spacial score (nSPS) is 26.7. The van der Waals surface area contributed by atoms with Crippen LogP contribution in [0.2, 0.25) is 0 Å². The first-order valence-electron chi connectivity index (χ1n) is 16.4. The molecular weight excluding hydrogens is 750 g/mol. The van der Waals surface area contributed by atoms with Crippen LogP contribution in [0.15, 0.2) is 56.8 Å². The molecule has 50 heavy (non-hydrogen) atoms. The van der Waals surface area contributed by atoms with E-state index in [0.29, 0.717) is 28.4 Å². The maximum atomic E-state index is 14.0. The van der Waals surface area contributed by atoms with Crippen molar-refractivity contribution in [3.8, 4) is 5.75 Å². The zero-order valence-electron chi connectivity index (χ0n) is 27.2. The van der Waals surface area contributed by atoms with Crippen LogP contribution in [0.5, 0.6) is 5.75 Å². The number of benzene rings is 2. The minimum Gasteiger partial charge on any atom is -0.483 e. The van der Waals surface area contributed by atoms with Crippen molar-refractivity contribution < 1.29 is 38.6 Å². The van der Waals surface area contributed by atoms with E-state index < -0.39 is 53.5 Å². The molecule has 2 saturated carbocycles. The molecule has 2 aliphatic carbocycles. The highest BCUT2D eigenvalue weighted by Crippen LogP contribution is 2.69. The molecular formula is C35H34BrN3O9S2. The summed E-state index contributed by atoms with van der Waals surface area (Å²) >= 11 is 6.22. The Morgan fingerprint density at radius 1 is 1.06 bits per heavy atom. The molecule has 3 N–H and O–H groups in total. The van der Waals surface area contributed by atoms with Gasteiger partial charge in [-0.25, -0.2) is 9.59 Å². The van der Waals surface area contributed by atoms with Gasteiger partial charge in [0.25, 0.3) is 5.91 Å². The first-order chi connectivity index (χ1) is 23.9. The van der Waals surface area contributed by atoms with Gasteiger partial charge in [-0.15, -0.1) is 11.8 Å². The number of H-pyrrole nitrogens is 1. The molecule has 12 nitrogen and oxygen atoms in total. The minimum atomic E-state index is -1.24. The van der Waals surface area contributed by atoms with E-state index in [2.05, 4.69) is 26.2 Å². The largest absolute Gasteiger partial charge is 0.483 e. The Labute approximate surface area is 303 Å². The number of fused-ring (bicyclic) bond motifs is 9. The summed E-state index contributed by atoms with van der Waals surface area (Å²) in [5, 5.41) is 13.4. The molecule has 7 unspecified atom stereocenters. The Morgan fingerprint density at radius 3 is 2.42 bits per heavy atom. The van der Waals surface area contributed by atoms with Crippen LogP contribution in [0.1, 0.15) is 53.9 Å². The summed E-state index contributed by atoms with van der Waals surface area (Å²) in [4.78, 5) is 82.5. The van der Waals surface area contributed by atoms with Crippen LogP contribution in [-0.4, -0.2) is 69.2 Å². The van der Waals surface area contributed by atoms with E-state index in [0.717, 1.165) is 31.2 Å². The zero-order valence-corrected chi connectivity index (χ0v) is 30.4. The molecule has 3 amide bonds. The van der Waals surface area contributed by atoms with E-state index in [1.807, 2.05) is 6.07 Å². The molecule has 2 aromatic carbocycles. The van der Waals surface area contributed by atoms with Crippen LogP contribution < -0.4 is 14.9 Å². The van der Waals surface area contributed by atoms with Crippen LogP contribution in [0.3, 0.4) is 0 Å². The van der Waals surface area contributed by atoms with Crippen molar-refractivity contribution in [2.45, 2.75) is 49.4 Å². The van der Waals surface area contributed by atoms with Crippen LogP contribution in [-0.2, 0) is 23.9 Å². The number of nitrogens with zero attached hydrogens (tertiary/aromatic N) is 1. The lowest BCUT2D eigenvalue weighted by Crippen LogP contribution is -2.49. The molecule has 3 heterocycles. The topological polar surface area (TPSA) is 172 Å². The molecule has 262 valence electrons. The summed E-state index contributed by atoms with van der Waals surface area (Å²) in [6.07, 6.45) is 0.639. The molecule has 8 atom stereocenters. The second-order valence-electron chi connectivity index (χ2n) is 13.4. The molecule has 1 saturated heterocycles. The van der Waals surface area contributed by atoms with Crippen molar-refractivity contribution in [1.29, 1.82) is 0 Å². The Hall–Kier alpha value is -3.95. The molecule has 0 spiro atoms. The van der Waals surface area contributed by atoms with Crippen LogP contribution in [0.25, 0.3) is 0 Å². The smallest absolute Gasteiger partial charge is 0.338 e. The number of aliphatic carboxylic acids is 1. The number of carbonyl (C=O) groups is 5. The van der Waals surface area contributed by atoms with Gasteiger partial charge in [0.15, 0.2) is 6.61 Å². The average molecular weight is 785 g/mol. The van der Waals surface area contributed by atoms with Crippen molar-refractivity contribution >= 4 is 74.4 Å². The number of aromatic nitrogens is 1. The van der Waals surface area contributed by atoms with Crippen molar-refractivity contribution in [3.05, 3.63) is 72.6 Å². The second-order valence-corrected chi connectivity index (χ2v) is 16.5. The number of likely N-dealkylation sites (tertiary alicyclic amines) is 1. The van der Waals surface area contributed by atoms with Gasteiger partial charge >= 0.3 is 16.8 Å².